The van der Waals surface area contributed by atoms with Crippen molar-refractivity contribution in [2.45, 2.75) is 38.0 Å². The molecule has 2 aromatic rings. The standard InChI is InChI=1S/C16H16ClN3O4/c17-12-8-10(6-7-11(12)16(22)23)18-13(21)2-1-3-14-19-15(20-24-14)9-4-5-9/h6-9H,1-5H2,(H,18,21)(H,22,23). The number of carbonyl (C=O) groups is 2. The van der Waals surface area contributed by atoms with E-state index in [1.54, 1.807) is 0 Å². The Kier molecular flexibility index (Phi) is 4.80. The quantitative estimate of drug-likeness (QED) is 0.794. The van der Waals surface area contributed by atoms with Gasteiger partial charge in [0.15, 0.2) is 5.82 Å². The zero-order chi connectivity index (χ0) is 17.1. The fraction of sp³-hybridized carbons (Fsp3) is 0.375. The summed E-state index contributed by atoms with van der Waals surface area (Å²) in [5.74, 6) is 0.476. The molecule has 0 unspecified atom stereocenters. The van der Waals surface area contributed by atoms with Crippen molar-refractivity contribution in [3.05, 3.63) is 40.5 Å². The number of benzene rings is 1. The second-order valence-corrected chi connectivity index (χ2v) is 6.13. The monoisotopic (exact) mass is 349 g/mol. The largest absolute Gasteiger partial charge is 0.478 e. The molecule has 0 spiro atoms. The second-order valence-electron chi connectivity index (χ2n) is 5.72. The topological polar surface area (TPSA) is 105 Å². The molecule has 126 valence electrons. The van der Waals surface area contributed by atoms with Crippen LogP contribution in [0.3, 0.4) is 0 Å². The summed E-state index contributed by atoms with van der Waals surface area (Å²) in [5.41, 5.74) is 0.460. The van der Waals surface area contributed by atoms with Crippen LogP contribution in [0.5, 0.6) is 0 Å². The summed E-state index contributed by atoms with van der Waals surface area (Å²) in [5, 5.41) is 15.6. The molecule has 1 aromatic carbocycles. The van der Waals surface area contributed by atoms with Crippen molar-refractivity contribution in [1.82, 2.24) is 10.1 Å². The van der Waals surface area contributed by atoms with E-state index < -0.39 is 5.97 Å². The van der Waals surface area contributed by atoms with Gasteiger partial charge in [0.25, 0.3) is 0 Å². The Hall–Kier alpha value is -2.41. The predicted octanol–water partition coefficient (Wildman–Crippen LogP) is 3.26. The lowest BCUT2D eigenvalue weighted by Crippen LogP contribution is -2.12. The van der Waals surface area contributed by atoms with E-state index in [1.807, 2.05) is 0 Å². The maximum absolute atomic E-state index is 11.9. The molecule has 1 aliphatic rings. The zero-order valence-corrected chi connectivity index (χ0v) is 13.5. The number of carboxylic acid groups (broad SMARTS) is 1. The fourth-order valence-corrected chi connectivity index (χ4v) is 2.53. The Morgan fingerprint density at radius 1 is 1.38 bits per heavy atom. The van der Waals surface area contributed by atoms with Gasteiger partial charge in [-0.1, -0.05) is 16.8 Å². The van der Waals surface area contributed by atoms with Crippen LogP contribution in [0.4, 0.5) is 5.69 Å². The molecule has 8 heteroatoms. The van der Waals surface area contributed by atoms with Crippen LogP contribution in [-0.2, 0) is 11.2 Å². The van der Waals surface area contributed by atoms with Gasteiger partial charge in [0.1, 0.15) is 0 Å². The van der Waals surface area contributed by atoms with Gasteiger partial charge in [0, 0.05) is 24.4 Å². The number of aromatic carboxylic acids is 1. The normalized spacial score (nSPS) is 13.7. The molecule has 1 amide bonds. The first-order chi connectivity index (χ1) is 11.5. The summed E-state index contributed by atoms with van der Waals surface area (Å²) < 4.78 is 5.15. The lowest BCUT2D eigenvalue weighted by molar-refractivity contribution is -0.116. The molecule has 0 bridgehead atoms. The van der Waals surface area contributed by atoms with Gasteiger partial charge in [-0.25, -0.2) is 4.79 Å². The van der Waals surface area contributed by atoms with Crippen LogP contribution in [0.2, 0.25) is 5.02 Å². The van der Waals surface area contributed by atoms with E-state index in [0.717, 1.165) is 18.7 Å². The third kappa shape index (κ3) is 4.11. The van der Waals surface area contributed by atoms with E-state index in [2.05, 4.69) is 15.5 Å². The molecular formula is C16H16ClN3O4. The summed E-state index contributed by atoms with van der Waals surface area (Å²) in [6, 6.07) is 4.29. The Labute approximate surface area is 143 Å². The number of aromatic nitrogens is 2. The lowest BCUT2D eigenvalue weighted by Gasteiger charge is -2.06. The van der Waals surface area contributed by atoms with Gasteiger partial charge in [-0.05, 0) is 37.5 Å². The third-order valence-corrected chi connectivity index (χ3v) is 4.02. The maximum atomic E-state index is 11.9. The highest BCUT2D eigenvalue weighted by atomic mass is 35.5. The number of carbonyl (C=O) groups excluding carboxylic acids is 1. The summed E-state index contributed by atoms with van der Waals surface area (Å²) in [6.07, 6.45) is 3.65. The lowest BCUT2D eigenvalue weighted by atomic mass is 10.2. The number of rotatable bonds is 7. The summed E-state index contributed by atoms with van der Waals surface area (Å²) in [6.45, 7) is 0. The van der Waals surface area contributed by atoms with Crippen LogP contribution in [-0.4, -0.2) is 27.1 Å². The number of hydrogen-bond donors (Lipinski definition) is 2. The Balaban J connectivity index is 1.46. The average Bonchev–Trinajstić information content (AvgIpc) is 3.27. The highest BCUT2D eigenvalue weighted by molar-refractivity contribution is 6.33. The molecule has 1 fully saturated rings. The van der Waals surface area contributed by atoms with Crippen molar-refractivity contribution >= 4 is 29.2 Å². The van der Waals surface area contributed by atoms with E-state index in [9.17, 15) is 9.59 Å². The van der Waals surface area contributed by atoms with Gasteiger partial charge in [0.2, 0.25) is 11.8 Å². The summed E-state index contributed by atoms with van der Waals surface area (Å²) >= 11 is 5.87. The van der Waals surface area contributed by atoms with E-state index in [4.69, 9.17) is 21.2 Å². The molecule has 3 rings (SSSR count). The molecule has 1 saturated carbocycles. The highest BCUT2D eigenvalue weighted by Crippen LogP contribution is 2.38. The Morgan fingerprint density at radius 2 is 2.17 bits per heavy atom. The van der Waals surface area contributed by atoms with Crippen molar-refractivity contribution < 1.29 is 19.2 Å². The Morgan fingerprint density at radius 3 is 2.83 bits per heavy atom. The molecule has 0 atom stereocenters. The van der Waals surface area contributed by atoms with Crippen molar-refractivity contribution in [2.75, 3.05) is 5.32 Å². The summed E-state index contributed by atoms with van der Waals surface area (Å²) in [7, 11) is 0. The first-order valence-electron chi connectivity index (χ1n) is 7.68. The number of amides is 1. The number of aryl methyl sites for hydroxylation is 1. The van der Waals surface area contributed by atoms with Crippen LogP contribution in [0.25, 0.3) is 0 Å². The average molecular weight is 350 g/mol. The number of anilines is 1. The van der Waals surface area contributed by atoms with Gasteiger partial charge in [0.05, 0.1) is 10.6 Å². The minimum absolute atomic E-state index is 0.00229. The number of halogens is 1. The molecule has 0 radical (unpaired) electrons. The fourth-order valence-electron chi connectivity index (χ4n) is 2.27. The molecule has 1 aliphatic carbocycles. The van der Waals surface area contributed by atoms with E-state index in [1.165, 1.54) is 18.2 Å². The zero-order valence-electron chi connectivity index (χ0n) is 12.8. The van der Waals surface area contributed by atoms with Gasteiger partial charge >= 0.3 is 5.97 Å². The van der Waals surface area contributed by atoms with Crippen LogP contribution < -0.4 is 5.32 Å². The Bertz CT molecular complexity index is 770. The van der Waals surface area contributed by atoms with Gasteiger partial charge in [-0.3, -0.25) is 4.79 Å². The SMILES string of the molecule is O=C(CCCc1nc(C2CC2)no1)Nc1ccc(C(=O)O)c(Cl)c1. The predicted molar refractivity (Wildman–Crippen MR) is 86.3 cm³/mol. The maximum Gasteiger partial charge on any atom is 0.337 e. The first-order valence-corrected chi connectivity index (χ1v) is 8.06. The van der Waals surface area contributed by atoms with Crippen LogP contribution in [0, 0.1) is 0 Å². The van der Waals surface area contributed by atoms with Crippen molar-refractivity contribution in [3.8, 4) is 0 Å². The minimum atomic E-state index is -1.11. The smallest absolute Gasteiger partial charge is 0.337 e. The van der Waals surface area contributed by atoms with E-state index >= 15 is 0 Å². The number of carboxylic acids is 1. The van der Waals surface area contributed by atoms with Gasteiger partial charge < -0.3 is 14.9 Å². The molecule has 2 N–H and O–H groups in total. The molecule has 0 saturated heterocycles. The van der Waals surface area contributed by atoms with Crippen LogP contribution in [0.1, 0.15) is 53.7 Å². The number of nitrogens with one attached hydrogen (secondary N) is 1. The van der Waals surface area contributed by atoms with Crippen LogP contribution in [0.15, 0.2) is 22.7 Å². The summed E-state index contributed by atoms with van der Waals surface area (Å²) in [4.78, 5) is 27.1. The highest BCUT2D eigenvalue weighted by Gasteiger charge is 2.28. The molecule has 1 aromatic heterocycles. The molecule has 7 nitrogen and oxygen atoms in total. The number of nitrogens with zero attached hydrogens (tertiary/aromatic N) is 2. The van der Waals surface area contributed by atoms with Crippen molar-refractivity contribution in [3.63, 3.8) is 0 Å². The van der Waals surface area contributed by atoms with Crippen molar-refractivity contribution in [1.29, 1.82) is 0 Å². The van der Waals surface area contributed by atoms with Crippen molar-refractivity contribution in [2.24, 2.45) is 0 Å². The van der Waals surface area contributed by atoms with Crippen LogP contribution >= 0.6 is 11.6 Å². The van der Waals surface area contributed by atoms with E-state index in [0.29, 0.717) is 36.8 Å². The minimum Gasteiger partial charge on any atom is -0.478 e. The molecule has 24 heavy (non-hydrogen) atoms. The molecular weight excluding hydrogens is 334 g/mol. The first kappa shape index (κ1) is 16.4. The molecule has 1 heterocycles. The number of hydrogen-bond acceptors (Lipinski definition) is 5. The van der Waals surface area contributed by atoms with Gasteiger partial charge in [-0.15, -0.1) is 0 Å². The third-order valence-electron chi connectivity index (χ3n) is 3.70. The molecule has 0 aliphatic heterocycles. The second kappa shape index (κ2) is 7.00. The van der Waals surface area contributed by atoms with E-state index in [-0.39, 0.29) is 16.5 Å². The van der Waals surface area contributed by atoms with Gasteiger partial charge in [-0.2, -0.15) is 4.98 Å².